The van der Waals surface area contributed by atoms with Gasteiger partial charge in [-0.15, -0.1) is 10.2 Å². The van der Waals surface area contributed by atoms with E-state index in [4.69, 9.17) is 0 Å². The Hall–Kier alpha value is -2.69. The smallest absolute Gasteiger partial charge is 0.240 e. The van der Waals surface area contributed by atoms with Crippen LogP contribution >= 0.6 is 11.8 Å². The number of rotatable bonds is 9. The number of aryl methyl sites for hydroxylation is 1. The maximum absolute atomic E-state index is 12.5. The summed E-state index contributed by atoms with van der Waals surface area (Å²) in [7, 11) is -3.57. The molecular weight excluding hydrogens is 434 g/mol. The van der Waals surface area contributed by atoms with Crippen LogP contribution in [-0.4, -0.2) is 40.9 Å². The summed E-state index contributed by atoms with van der Waals surface area (Å²) in [6, 6.07) is 16.3. The molecule has 3 aromatic rings. The van der Waals surface area contributed by atoms with Crippen molar-refractivity contribution in [2.75, 3.05) is 11.1 Å². The standard InChI is InChI=1S/C21H23N5O3S2/c1-15-23-24-21(26(15)13-16-6-3-2-4-7-16)30-14-20(27)22-18-8-5-9-19(12-18)31(28,29)25-17-10-11-17/h2-9,12,17,25H,10-11,13-14H2,1H3,(H,22,27). The number of benzene rings is 2. The molecule has 1 heterocycles. The van der Waals surface area contributed by atoms with Crippen LogP contribution in [0, 0.1) is 6.92 Å². The Bertz CT molecular complexity index is 1170. The van der Waals surface area contributed by atoms with Gasteiger partial charge < -0.3 is 9.88 Å². The van der Waals surface area contributed by atoms with Gasteiger partial charge in [0, 0.05) is 11.7 Å². The first-order chi connectivity index (χ1) is 14.9. The summed E-state index contributed by atoms with van der Waals surface area (Å²) in [6.45, 7) is 2.50. The summed E-state index contributed by atoms with van der Waals surface area (Å²) in [6.07, 6.45) is 1.72. The van der Waals surface area contributed by atoms with Crippen molar-refractivity contribution in [3.8, 4) is 0 Å². The highest BCUT2D eigenvalue weighted by Gasteiger charge is 2.28. The van der Waals surface area contributed by atoms with Crippen molar-refractivity contribution in [3.05, 3.63) is 66.0 Å². The lowest BCUT2D eigenvalue weighted by atomic mass is 10.2. The minimum absolute atomic E-state index is 0.0244. The van der Waals surface area contributed by atoms with Crippen molar-refractivity contribution in [1.82, 2.24) is 19.5 Å². The molecule has 8 nitrogen and oxygen atoms in total. The molecule has 0 radical (unpaired) electrons. The fraction of sp³-hybridized carbons (Fsp3) is 0.286. The molecule has 0 aliphatic heterocycles. The fourth-order valence-corrected chi connectivity index (χ4v) is 5.11. The minimum Gasteiger partial charge on any atom is -0.325 e. The molecule has 0 spiro atoms. The van der Waals surface area contributed by atoms with Crippen LogP contribution in [0.1, 0.15) is 24.2 Å². The van der Waals surface area contributed by atoms with E-state index in [2.05, 4.69) is 20.2 Å². The van der Waals surface area contributed by atoms with Crippen molar-refractivity contribution in [2.45, 2.75) is 42.4 Å². The van der Waals surface area contributed by atoms with E-state index in [1.165, 1.54) is 23.9 Å². The van der Waals surface area contributed by atoms with Gasteiger partial charge in [-0.05, 0) is 43.5 Å². The van der Waals surface area contributed by atoms with Crippen LogP contribution in [0.3, 0.4) is 0 Å². The van der Waals surface area contributed by atoms with E-state index in [0.29, 0.717) is 17.4 Å². The third-order valence-electron chi connectivity index (χ3n) is 4.74. The molecule has 1 aliphatic carbocycles. The molecule has 31 heavy (non-hydrogen) atoms. The molecular formula is C21H23N5O3S2. The number of nitrogens with zero attached hydrogens (tertiary/aromatic N) is 3. The van der Waals surface area contributed by atoms with Gasteiger partial charge in [-0.3, -0.25) is 4.79 Å². The van der Waals surface area contributed by atoms with Gasteiger partial charge in [0.1, 0.15) is 5.82 Å². The molecule has 4 rings (SSSR count). The van der Waals surface area contributed by atoms with E-state index in [1.807, 2.05) is 41.8 Å². The molecule has 2 N–H and O–H groups in total. The lowest BCUT2D eigenvalue weighted by Gasteiger charge is -2.10. The van der Waals surface area contributed by atoms with Crippen molar-refractivity contribution >= 4 is 33.4 Å². The van der Waals surface area contributed by atoms with Gasteiger partial charge >= 0.3 is 0 Å². The van der Waals surface area contributed by atoms with Crippen molar-refractivity contribution in [1.29, 1.82) is 0 Å². The Balaban J connectivity index is 1.37. The number of anilines is 1. The highest BCUT2D eigenvalue weighted by atomic mass is 32.2. The van der Waals surface area contributed by atoms with Crippen LogP contribution in [0.2, 0.25) is 0 Å². The fourth-order valence-electron chi connectivity index (χ4n) is 2.97. The highest BCUT2D eigenvalue weighted by molar-refractivity contribution is 7.99. The maximum Gasteiger partial charge on any atom is 0.240 e. The number of carbonyl (C=O) groups excluding carboxylic acids is 1. The van der Waals surface area contributed by atoms with Gasteiger partial charge in [-0.2, -0.15) is 0 Å². The summed E-state index contributed by atoms with van der Waals surface area (Å²) < 4.78 is 29.4. The quantitative estimate of drug-likeness (QED) is 0.479. The molecule has 0 bridgehead atoms. The van der Waals surface area contributed by atoms with E-state index < -0.39 is 10.0 Å². The highest BCUT2D eigenvalue weighted by Crippen LogP contribution is 2.24. The number of carbonyl (C=O) groups is 1. The largest absolute Gasteiger partial charge is 0.325 e. The zero-order valence-corrected chi connectivity index (χ0v) is 18.6. The first-order valence-electron chi connectivity index (χ1n) is 9.89. The normalized spacial score (nSPS) is 13.8. The SMILES string of the molecule is Cc1nnc(SCC(=O)Nc2cccc(S(=O)(=O)NC3CC3)c2)n1Cc1ccccc1. The second-order valence-electron chi connectivity index (χ2n) is 7.36. The number of nitrogens with one attached hydrogen (secondary N) is 2. The molecule has 1 saturated carbocycles. The van der Waals surface area contributed by atoms with Gasteiger partial charge in [0.15, 0.2) is 5.16 Å². The lowest BCUT2D eigenvalue weighted by Crippen LogP contribution is -2.25. The van der Waals surface area contributed by atoms with Crippen LogP contribution in [0.5, 0.6) is 0 Å². The second kappa shape index (κ2) is 9.21. The van der Waals surface area contributed by atoms with Crippen molar-refractivity contribution < 1.29 is 13.2 Å². The van der Waals surface area contributed by atoms with E-state index in [0.717, 1.165) is 24.2 Å². The number of sulfonamides is 1. The molecule has 1 aromatic heterocycles. The number of thioether (sulfide) groups is 1. The number of aromatic nitrogens is 3. The third-order valence-corrected chi connectivity index (χ3v) is 7.23. The van der Waals surface area contributed by atoms with Gasteiger partial charge in [-0.1, -0.05) is 48.2 Å². The minimum atomic E-state index is -3.57. The van der Waals surface area contributed by atoms with E-state index >= 15 is 0 Å². The topological polar surface area (TPSA) is 106 Å². The van der Waals surface area contributed by atoms with Crippen LogP contribution in [0.15, 0.2) is 64.6 Å². The average molecular weight is 458 g/mol. The Kier molecular flexibility index (Phi) is 6.40. The molecule has 1 fully saturated rings. The van der Waals surface area contributed by atoms with Crippen LogP contribution in [0.4, 0.5) is 5.69 Å². The molecule has 0 unspecified atom stereocenters. The maximum atomic E-state index is 12.5. The first-order valence-corrected chi connectivity index (χ1v) is 12.4. The lowest BCUT2D eigenvalue weighted by molar-refractivity contribution is -0.113. The molecule has 2 aromatic carbocycles. The zero-order valence-electron chi connectivity index (χ0n) is 17.0. The van der Waals surface area contributed by atoms with Gasteiger partial charge in [-0.25, -0.2) is 13.1 Å². The predicted octanol–water partition coefficient (Wildman–Crippen LogP) is 2.81. The monoisotopic (exact) mass is 457 g/mol. The first kappa shape index (κ1) is 21.5. The third kappa shape index (κ3) is 5.72. The number of hydrogen-bond donors (Lipinski definition) is 2. The molecule has 10 heteroatoms. The average Bonchev–Trinajstić information content (AvgIpc) is 3.49. The Labute approximate surface area is 185 Å². The van der Waals surface area contributed by atoms with Gasteiger partial charge in [0.25, 0.3) is 0 Å². The summed E-state index contributed by atoms with van der Waals surface area (Å²) in [5, 5.41) is 11.7. The Morgan fingerprint density at radius 2 is 1.90 bits per heavy atom. The summed E-state index contributed by atoms with van der Waals surface area (Å²) in [4.78, 5) is 12.6. The molecule has 0 saturated heterocycles. The number of hydrogen-bond acceptors (Lipinski definition) is 6. The summed E-state index contributed by atoms with van der Waals surface area (Å²) >= 11 is 1.29. The van der Waals surface area contributed by atoms with E-state index in [9.17, 15) is 13.2 Å². The summed E-state index contributed by atoms with van der Waals surface area (Å²) in [5.41, 5.74) is 1.56. The van der Waals surface area contributed by atoms with E-state index in [1.54, 1.807) is 12.1 Å². The van der Waals surface area contributed by atoms with E-state index in [-0.39, 0.29) is 22.6 Å². The van der Waals surface area contributed by atoms with Crippen molar-refractivity contribution in [2.24, 2.45) is 0 Å². The van der Waals surface area contributed by atoms with Crippen LogP contribution in [0.25, 0.3) is 0 Å². The van der Waals surface area contributed by atoms with Gasteiger partial charge in [0.05, 0.1) is 17.2 Å². The molecule has 1 amide bonds. The molecule has 162 valence electrons. The van der Waals surface area contributed by atoms with Crippen molar-refractivity contribution in [3.63, 3.8) is 0 Å². The van der Waals surface area contributed by atoms with Crippen LogP contribution < -0.4 is 10.0 Å². The zero-order chi connectivity index (χ0) is 21.8. The van der Waals surface area contributed by atoms with Crippen LogP contribution in [-0.2, 0) is 21.4 Å². The number of amides is 1. The predicted molar refractivity (Wildman–Crippen MR) is 119 cm³/mol. The van der Waals surface area contributed by atoms with Gasteiger partial charge in [0.2, 0.25) is 15.9 Å². The summed E-state index contributed by atoms with van der Waals surface area (Å²) in [5.74, 6) is 0.652. The Morgan fingerprint density at radius 3 is 2.65 bits per heavy atom. The molecule has 0 atom stereocenters. The second-order valence-corrected chi connectivity index (χ2v) is 10.0. The Morgan fingerprint density at radius 1 is 1.13 bits per heavy atom. The molecule has 1 aliphatic rings.